The van der Waals surface area contributed by atoms with Crippen molar-refractivity contribution in [1.82, 2.24) is 8.80 Å². The molecule has 4 heterocycles. The molecule has 0 unspecified atom stereocenters. The first-order valence-corrected chi connectivity index (χ1v) is 14.3. The van der Waals surface area contributed by atoms with Crippen LogP contribution in [0.5, 0.6) is 0 Å². The zero-order valence-electron chi connectivity index (χ0n) is 23.1. The Bertz CT molecular complexity index is 2000. The van der Waals surface area contributed by atoms with E-state index in [0.717, 1.165) is 0 Å². The predicted octanol–water partition coefficient (Wildman–Crippen LogP) is 10.5. The van der Waals surface area contributed by atoms with E-state index in [1.54, 1.807) is 0 Å². The van der Waals surface area contributed by atoms with Gasteiger partial charge in [0.05, 0.1) is 11.0 Å². The zero-order chi connectivity index (χ0) is 27.9. The number of aromatic nitrogens is 2. The smallest absolute Gasteiger partial charge is 0.0541 e. The van der Waals surface area contributed by atoms with E-state index >= 15 is 0 Å². The highest BCUT2D eigenvalue weighted by Gasteiger charge is 2.17. The summed E-state index contributed by atoms with van der Waals surface area (Å²) in [5.74, 6) is 0. The molecule has 8 aromatic rings. The van der Waals surface area contributed by atoms with Gasteiger partial charge in [-0.2, -0.15) is 0 Å². The third kappa shape index (κ3) is 4.13. The Labute approximate surface area is 245 Å². The van der Waals surface area contributed by atoms with Crippen molar-refractivity contribution in [3.05, 3.63) is 170 Å². The first kappa shape index (κ1) is 24.2. The molecule has 0 spiro atoms. The maximum atomic E-state index is 2.34. The van der Waals surface area contributed by atoms with Crippen LogP contribution in [-0.2, 0) is 0 Å². The Hall–Kier alpha value is -5.60. The molecule has 0 aliphatic carbocycles. The third-order valence-corrected chi connectivity index (χ3v) is 8.19. The molecular weight excluding hydrogens is 508 g/mol. The summed E-state index contributed by atoms with van der Waals surface area (Å²) >= 11 is 0. The molecule has 0 aliphatic heterocycles. The molecule has 2 heteroatoms. The summed E-state index contributed by atoms with van der Waals surface area (Å²) in [6, 6.07) is 51.9. The van der Waals surface area contributed by atoms with Crippen molar-refractivity contribution in [2.24, 2.45) is 0 Å². The highest BCUT2D eigenvalue weighted by molar-refractivity contribution is 5.98. The van der Waals surface area contributed by atoms with Crippen molar-refractivity contribution in [2.75, 3.05) is 0 Å². The lowest BCUT2D eigenvalue weighted by Crippen LogP contribution is -1.88. The van der Waals surface area contributed by atoms with Crippen LogP contribution in [-0.4, -0.2) is 8.80 Å². The first-order chi connectivity index (χ1) is 20.8. The number of hydrogen-bond donors (Lipinski definition) is 0. The molecule has 0 atom stereocenters. The van der Waals surface area contributed by atoms with Gasteiger partial charge >= 0.3 is 0 Å². The topological polar surface area (TPSA) is 8.82 Å². The number of rotatable bonds is 5. The zero-order valence-corrected chi connectivity index (χ0v) is 23.1. The average molecular weight is 537 g/mol. The molecular formula is C40H28N2. The number of fused-ring (bicyclic) bond motifs is 2. The summed E-state index contributed by atoms with van der Waals surface area (Å²) in [7, 11) is 0. The van der Waals surface area contributed by atoms with E-state index in [9.17, 15) is 0 Å². The van der Waals surface area contributed by atoms with E-state index in [1.807, 2.05) is 0 Å². The maximum absolute atomic E-state index is 2.34. The summed E-state index contributed by atoms with van der Waals surface area (Å²) < 4.78 is 4.51. The lowest BCUT2D eigenvalue weighted by atomic mass is 9.96. The van der Waals surface area contributed by atoms with Crippen LogP contribution < -0.4 is 0 Å². The standard InChI is InChI=1S/C40H28N2/c1-5-13-29(14-6-1)35-27-41-23-21-33(25-37(41)39(35)31-17-9-3-10-18-31)34-22-24-42-28-36(30-15-7-2-8-16-30)40(38(42)26-34)32-19-11-4-12-20-32/h1-28H. The molecule has 0 radical (unpaired) electrons. The van der Waals surface area contributed by atoms with Gasteiger partial charge in [-0.25, -0.2) is 0 Å². The van der Waals surface area contributed by atoms with Crippen LogP contribution in [0.2, 0.25) is 0 Å². The lowest BCUT2D eigenvalue weighted by Gasteiger charge is -2.09. The second-order valence-electron chi connectivity index (χ2n) is 10.7. The van der Waals surface area contributed by atoms with E-state index in [4.69, 9.17) is 0 Å². The van der Waals surface area contributed by atoms with Crippen molar-refractivity contribution in [3.8, 4) is 55.6 Å². The van der Waals surface area contributed by atoms with Crippen LogP contribution >= 0.6 is 0 Å². The minimum atomic E-state index is 1.20. The highest BCUT2D eigenvalue weighted by Crippen LogP contribution is 2.41. The largest absolute Gasteiger partial charge is 0.323 e. The second-order valence-corrected chi connectivity index (χ2v) is 10.7. The van der Waals surface area contributed by atoms with Crippen molar-refractivity contribution < 1.29 is 0 Å². The Kier molecular flexibility index (Phi) is 5.82. The van der Waals surface area contributed by atoms with Crippen molar-refractivity contribution in [1.29, 1.82) is 0 Å². The van der Waals surface area contributed by atoms with E-state index in [0.29, 0.717) is 0 Å². The molecule has 198 valence electrons. The molecule has 8 rings (SSSR count). The van der Waals surface area contributed by atoms with Gasteiger partial charge in [-0.15, -0.1) is 0 Å². The van der Waals surface area contributed by atoms with Gasteiger partial charge in [-0.05, 0) is 57.6 Å². The fourth-order valence-electron chi connectivity index (χ4n) is 6.18. The molecule has 0 saturated heterocycles. The van der Waals surface area contributed by atoms with E-state index in [2.05, 4.69) is 179 Å². The highest BCUT2D eigenvalue weighted by atomic mass is 14.9. The fourth-order valence-corrected chi connectivity index (χ4v) is 6.18. The molecule has 4 aromatic carbocycles. The molecule has 0 amide bonds. The van der Waals surface area contributed by atoms with Gasteiger partial charge in [0.2, 0.25) is 0 Å². The molecule has 42 heavy (non-hydrogen) atoms. The minimum absolute atomic E-state index is 1.20. The Morgan fingerprint density at radius 2 is 0.643 bits per heavy atom. The van der Waals surface area contributed by atoms with Crippen LogP contribution in [0, 0.1) is 0 Å². The molecule has 4 aromatic heterocycles. The number of hydrogen-bond acceptors (Lipinski definition) is 0. The van der Waals surface area contributed by atoms with Crippen molar-refractivity contribution in [3.63, 3.8) is 0 Å². The van der Waals surface area contributed by atoms with Gasteiger partial charge in [-0.3, -0.25) is 0 Å². The van der Waals surface area contributed by atoms with Crippen molar-refractivity contribution in [2.45, 2.75) is 0 Å². The third-order valence-electron chi connectivity index (χ3n) is 8.19. The van der Waals surface area contributed by atoms with Gasteiger partial charge < -0.3 is 8.80 Å². The average Bonchev–Trinajstić information content (AvgIpc) is 3.65. The van der Waals surface area contributed by atoms with Gasteiger partial charge in [0, 0.05) is 47.0 Å². The number of benzene rings is 4. The fraction of sp³-hybridized carbons (Fsp3) is 0. The summed E-state index contributed by atoms with van der Waals surface area (Å²) in [6.07, 6.45) is 8.90. The molecule has 0 saturated carbocycles. The lowest BCUT2D eigenvalue weighted by molar-refractivity contribution is 1.19. The predicted molar refractivity (Wildman–Crippen MR) is 176 cm³/mol. The molecule has 0 bridgehead atoms. The second kappa shape index (κ2) is 10.1. The van der Waals surface area contributed by atoms with Gasteiger partial charge in [0.25, 0.3) is 0 Å². The summed E-state index contributed by atoms with van der Waals surface area (Å²) in [5.41, 5.74) is 14.6. The van der Waals surface area contributed by atoms with Crippen molar-refractivity contribution >= 4 is 11.0 Å². The molecule has 0 fully saturated rings. The number of nitrogens with zero attached hydrogens (tertiary/aromatic N) is 2. The van der Waals surface area contributed by atoms with Crippen LogP contribution in [0.25, 0.3) is 66.7 Å². The van der Waals surface area contributed by atoms with Gasteiger partial charge in [-0.1, -0.05) is 121 Å². The van der Waals surface area contributed by atoms with Gasteiger partial charge in [0.1, 0.15) is 0 Å². The minimum Gasteiger partial charge on any atom is -0.323 e. The normalized spacial score (nSPS) is 11.3. The van der Waals surface area contributed by atoms with Crippen LogP contribution in [0.15, 0.2) is 170 Å². The Morgan fingerprint density at radius 1 is 0.310 bits per heavy atom. The first-order valence-electron chi connectivity index (χ1n) is 14.3. The number of pyridine rings is 2. The van der Waals surface area contributed by atoms with E-state index in [1.165, 1.54) is 66.7 Å². The Balaban J connectivity index is 1.34. The van der Waals surface area contributed by atoms with E-state index < -0.39 is 0 Å². The monoisotopic (exact) mass is 536 g/mol. The van der Waals surface area contributed by atoms with Crippen LogP contribution in [0.1, 0.15) is 0 Å². The van der Waals surface area contributed by atoms with Crippen LogP contribution in [0.3, 0.4) is 0 Å². The molecule has 0 N–H and O–H groups in total. The quantitative estimate of drug-likeness (QED) is 0.207. The SMILES string of the molecule is c1ccc(-c2cn3ccc(-c4ccn5cc(-c6ccccc6)c(-c6ccccc6)c5c4)cc3c2-c2ccccc2)cc1. The summed E-state index contributed by atoms with van der Waals surface area (Å²) in [6.45, 7) is 0. The summed E-state index contributed by atoms with van der Waals surface area (Å²) in [5, 5.41) is 0. The van der Waals surface area contributed by atoms with E-state index in [-0.39, 0.29) is 0 Å². The summed E-state index contributed by atoms with van der Waals surface area (Å²) in [4.78, 5) is 0. The molecule has 0 aliphatic rings. The maximum Gasteiger partial charge on any atom is 0.0541 e. The Morgan fingerprint density at radius 3 is 1.00 bits per heavy atom. The van der Waals surface area contributed by atoms with Crippen LogP contribution in [0.4, 0.5) is 0 Å². The molecule has 2 nitrogen and oxygen atoms in total. The van der Waals surface area contributed by atoms with Gasteiger partial charge in [0.15, 0.2) is 0 Å².